The third kappa shape index (κ3) is 17.9. The van der Waals surface area contributed by atoms with Crippen LogP contribution in [0.15, 0.2) is 152 Å². The summed E-state index contributed by atoms with van der Waals surface area (Å²) in [5.41, 5.74) is 5.52. The minimum absolute atomic E-state index is 0.175. The van der Waals surface area contributed by atoms with Gasteiger partial charge in [-0.25, -0.2) is 32.8 Å². The summed E-state index contributed by atoms with van der Waals surface area (Å²) >= 11 is 0. The third-order valence-electron chi connectivity index (χ3n) is 13.9. The highest BCUT2D eigenvalue weighted by Gasteiger charge is 2.22. The van der Waals surface area contributed by atoms with Crippen LogP contribution < -0.4 is 18.9 Å². The molecule has 0 atom stereocenters. The van der Waals surface area contributed by atoms with Crippen molar-refractivity contribution in [1.82, 2.24) is 0 Å². The Morgan fingerprint density at radius 2 is 0.650 bits per heavy atom. The number of esters is 5. The maximum Gasteiger partial charge on any atom is 0.346 e. The van der Waals surface area contributed by atoms with Crippen LogP contribution in [-0.2, 0) is 17.6 Å². The van der Waals surface area contributed by atoms with Crippen molar-refractivity contribution < 1.29 is 56.4 Å². The van der Waals surface area contributed by atoms with Crippen LogP contribution in [0.2, 0.25) is 0 Å². The summed E-state index contributed by atoms with van der Waals surface area (Å²) in [5, 5.41) is 0. The van der Waals surface area contributed by atoms with Gasteiger partial charge in [-0.1, -0.05) is 177 Å². The van der Waals surface area contributed by atoms with Crippen LogP contribution in [0.1, 0.15) is 179 Å². The number of carbonyl (C=O) groups is 5. The zero-order valence-electron chi connectivity index (χ0n) is 46.0. The molecule has 0 aliphatic heterocycles. The molecule has 0 saturated carbocycles. The Labute approximate surface area is 468 Å². The van der Waals surface area contributed by atoms with Crippen molar-refractivity contribution >= 4 is 29.8 Å². The smallest absolute Gasteiger partial charge is 0.346 e. The summed E-state index contributed by atoms with van der Waals surface area (Å²) in [4.78, 5) is 65.3. The first-order valence-electron chi connectivity index (χ1n) is 28.0. The lowest BCUT2D eigenvalue weighted by Crippen LogP contribution is -2.14. The second-order valence-corrected chi connectivity index (χ2v) is 20.0. The molecule has 0 fully saturated rings. The SMILES string of the molecule is CCCCCCCCCCc1ccc(-c2ccc(C(=O)Oc3ccc(C(=O)Oc4cc(OC(=O)c5ccc(OC(=O)c6ccc(-c7ccc(CCCCCCCCCC)cc7)cc6)cc5F)cc(C(=O)OC)c4)c(F)c3)cc2)cc1. The van der Waals surface area contributed by atoms with Gasteiger partial charge in [0.25, 0.3) is 0 Å². The van der Waals surface area contributed by atoms with Gasteiger partial charge in [0.05, 0.1) is 34.9 Å². The van der Waals surface area contributed by atoms with Crippen LogP contribution in [0, 0.1) is 11.6 Å². The second kappa shape index (κ2) is 30.8. The van der Waals surface area contributed by atoms with Gasteiger partial charge in [-0.3, -0.25) is 0 Å². The molecule has 0 heterocycles. The normalized spacial score (nSPS) is 11.0. The molecule has 7 aromatic carbocycles. The average Bonchev–Trinajstić information content (AvgIpc) is 3.47. The van der Waals surface area contributed by atoms with E-state index in [4.69, 9.17) is 23.7 Å². The van der Waals surface area contributed by atoms with Gasteiger partial charge in [0.15, 0.2) is 0 Å². The van der Waals surface area contributed by atoms with Gasteiger partial charge < -0.3 is 23.7 Å². The molecule has 12 heteroatoms. The summed E-state index contributed by atoms with van der Waals surface area (Å²) < 4.78 is 57.4. The Morgan fingerprint density at radius 1 is 0.325 bits per heavy atom. The Hall–Kier alpha value is -8.25. The lowest BCUT2D eigenvalue weighted by Gasteiger charge is -2.12. The lowest BCUT2D eigenvalue weighted by molar-refractivity contribution is 0.0593. The number of carbonyl (C=O) groups excluding carboxylic acids is 5. The van der Waals surface area contributed by atoms with E-state index in [0.717, 1.165) is 97.5 Å². The molecule has 416 valence electrons. The molecule has 7 aromatic rings. The number of hydrogen-bond donors (Lipinski definition) is 0. The van der Waals surface area contributed by atoms with Crippen LogP contribution in [0.3, 0.4) is 0 Å². The van der Waals surface area contributed by atoms with Gasteiger partial charge in [0.1, 0.15) is 34.6 Å². The number of aryl methyl sites for hydroxylation is 2. The predicted molar refractivity (Wildman–Crippen MR) is 307 cm³/mol. The van der Waals surface area contributed by atoms with Crippen LogP contribution >= 0.6 is 0 Å². The minimum Gasteiger partial charge on any atom is -0.465 e. The van der Waals surface area contributed by atoms with Gasteiger partial charge in [0, 0.05) is 18.2 Å². The molecule has 0 radical (unpaired) electrons. The molecule has 0 N–H and O–H groups in total. The molecule has 7 rings (SSSR count). The van der Waals surface area contributed by atoms with Gasteiger partial charge in [-0.05, 0) is 120 Å². The fraction of sp³-hybridized carbons (Fsp3) is 0.309. The fourth-order valence-electron chi connectivity index (χ4n) is 9.28. The van der Waals surface area contributed by atoms with Crippen molar-refractivity contribution in [2.45, 2.75) is 129 Å². The number of methoxy groups -OCH3 is 1. The Balaban J connectivity index is 0.894. The van der Waals surface area contributed by atoms with Gasteiger partial charge in [0.2, 0.25) is 0 Å². The summed E-state index contributed by atoms with van der Waals surface area (Å²) in [6.45, 7) is 4.46. The van der Waals surface area contributed by atoms with Crippen LogP contribution in [0.25, 0.3) is 22.3 Å². The Morgan fingerprint density at radius 3 is 0.988 bits per heavy atom. The molecule has 0 aliphatic rings. The van der Waals surface area contributed by atoms with Gasteiger partial charge >= 0.3 is 29.8 Å². The van der Waals surface area contributed by atoms with Crippen molar-refractivity contribution in [2.75, 3.05) is 7.11 Å². The molecule has 10 nitrogen and oxygen atoms in total. The lowest BCUT2D eigenvalue weighted by atomic mass is 10.00. The van der Waals surface area contributed by atoms with E-state index in [2.05, 4.69) is 62.4 Å². The number of benzene rings is 7. The summed E-state index contributed by atoms with van der Waals surface area (Å²) in [7, 11) is 1.10. The molecule has 0 aliphatic carbocycles. The number of ether oxygens (including phenoxy) is 5. The highest BCUT2D eigenvalue weighted by Crippen LogP contribution is 2.29. The highest BCUT2D eigenvalue weighted by molar-refractivity contribution is 5.96. The number of halogens is 2. The quantitative estimate of drug-likeness (QED) is 0.0254. The molecule has 80 heavy (non-hydrogen) atoms. The van der Waals surface area contributed by atoms with E-state index in [0.29, 0.717) is 0 Å². The zero-order valence-corrected chi connectivity index (χ0v) is 46.0. The monoisotopic (exact) mass is 1080 g/mol. The van der Waals surface area contributed by atoms with E-state index in [1.807, 2.05) is 0 Å². The third-order valence-corrected chi connectivity index (χ3v) is 13.9. The second-order valence-electron chi connectivity index (χ2n) is 20.0. The first kappa shape index (κ1) is 59.4. The summed E-state index contributed by atoms with van der Waals surface area (Å²) in [6, 6.07) is 40.0. The molecule has 0 spiro atoms. The predicted octanol–water partition coefficient (Wildman–Crippen LogP) is 17.3. The van der Waals surface area contributed by atoms with Crippen molar-refractivity contribution in [3.05, 3.63) is 202 Å². The highest BCUT2D eigenvalue weighted by atomic mass is 19.1. The first-order valence-corrected chi connectivity index (χ1v) is 28.0. The van der Waals surface area contributed by atoms with E-state index in [-0.39, 0.29) is 39.7 Å². The maximum atomic E-state index is 15.5. The summed E-state index contributed by atoms with van der Waals surface area (Å²) in [6.07, 6.45) is 22.5. The number of hydrogen-bond acceptors (Lipinski definition) is 10. The van der Waals surface area contributed by atoms with E-state index in [1.54, 1.807) is 48.5 Å². The average molecular weight is 1090 g/mol. The fourth-order valence-corrected chi connectivity index (χ4v) is 9.28. The molecule has 0 aromatic heterocycles. The molecule has 0 saturated heterocycles. The van der Waals surface area contributed by atoms with E-state index in [1.165, 1.54) is 113 Å². The van der Waals surface area contributed by atoms with Crippen molar-refractivity contribution in [1.29, 1.82) is 0 Å². The van der Waals surface area contributed by atoms with Crippen LogP contribution in [0.5, 0.6) is 23.0 Å². The number of rotatable bonds is 29. The van der Waals surface area contributed by atoms with Crippen molar-refractivity contribution in [3.8, 4) is 45.3 Å². The van der Waals surface area contributed by atoms with Crippen LogP contribution in [-0.4, -0.2) is 37.0 Å². The van der Waals surface area contributed by atoms with Crippen molar-refractivity contribution in [2.24, 2.45) is 0 Å². The van der Waals surface area contributed by atoms with E-state index in [9.17, 15) is 24.0 Å². The summed E-state index contributed by atoms with van der Waals surface area (Å²) in [5.74, 6) is -8.04. The Bertz CT molecular complexity index is 2960. The molecular formula is C68H70F2O10. The molecular weight excluding hydrogens is 1010 g/mol. The Kier molecular flexibility index (Phi) is 22.9. The first-order chi connectivity index (χ1) is 38.9. The zero-order chi connectivity index (χ0) is 56.6. The maximum absolute atomic E-state index is 15.5. The van der Waals surface area contributed by atoms with E-state index < -0.39 is 52.6 Å². The van der Waals surface area contributed by atoms with Gasteiger partial charge in [-0.15, -0.1) is 0 Å². The topological polar surface area (TPSA) is 132 Å². The van der Waals surface area contributed by atoms with Gasteiger partial charge in [-0.2, -0.15) is 0 Å². The minimum atomic E-state index is -1.21. The van der Waals surface area contributed by atoms with Crippen LogP contribution in [0.4, 0.5) is 8.78 Å². The largest absolute Gasteiger partial charge is 0.465 e. The molecule has 0 bridgehead atoms. The molecule has 0 unspecified atom stereocenters. The number of unbranched alkanes of at least 4 members (excludes halogenated alkanes) is 14. The van der Waals surface area contributed by atoms with E-state index >= 15 is 8.78 Å². The molecule has 0 amide bonds. The standard InChI is InChI=1S/C68H70F2O10/c1-4-6-8-10-12-14-16-18-20-47-22-26-49(27-23-47)51-30-34-53(35-31-51)65(72)77-56-38-40-60(62(69)45-56)67(74)79-58-42-55(64(71)76-3)43-59(44-58)80-68(75)61-41-39-57(46-63(61)70)78-66(73)54-36-32-52(33-37-54)50-28-24-48(25-29-50)21-19-17-15-13-11-9-7-5-2/h22-46H,4-21H2,1-3H3. The van der Waals surface area contributed by atoms with Crippen molar-refractivity contribution in [3.63, 3.8) is 0 Å².